The summed E-state index contributed by atoms with van der Waals surface area (Å²) in [5.74, 6) is 0.407. The first-order valence-corrected chi connectivity index (χ1v) is 6.56. The van der Waals surface area contributed by atoms with E-state index in [4.69, 9.17) is 11.6 Å². The number of benzene rings is 1. The van der Waals surface area contributed by atoms with Gasteiger partial charge in [0.1, 0.15) is 0 Å². The molecule has 0 saturated heterocycles. The molecular weight excluding hydrogens is 234 g/mol. The minimum absolute atomic E-state index is 0.0348. The monoisotopic (exact) mass is 253 g/mol. The highest BCUT2D eigenvalue weighted by Crippen LogP contribution is 2.18. The molecule has 3 heteroatoms. The van der Waals surface area contributed by atoms with Crippen LogP contribution in [0.2, 0.25) is 0 Å². The van der Waals surface area contributed by atoms with Crippen LogP contribution in [0.4, 0.5) is 0 Å². The largest absolute Gasteiger partial charge is 0.345 e. The van der Waals surface area contributed by atoms with Crippen LogP contribution >= 0.6 is 11.6 Å². The maximum Gasteiger partial charge on any atom is 0.252 e. The van der Waals surface area contributed by atoms with Crippen LogP contribution in [0.3, 0.4) is 0 Å². The van der Waals surface area contributed by atoms with Crippen molar-refractivity contribution in [2.75, 3.05) is 5.88 Å². The molecule has 0 fully saturated rings. The van der Waals surface area contributed by atoms with Gasteiger partial charge in [-0.05, 0) is 31.4 Å². The standard InChI is InChI=1S/C14H20ClNO/c1-4-14(5-2,10-15)16-13(17)12-9-7-6-8-11(12)3/h6-9H,4-5,10H2,1-3H3,(H,16,17). The fourth-order valence-corrected chi connectivity index (χ4v) is 2.23. The van der Waals surface area contributed by atoms with Crippen LogP contribution < -0.4 is 5.32 Å². The van der Waals surface area contributed by atoms with Crippen molar-refractivity contribution in [1.29, 1.82) is 0 Å². The molecule has 1 rings (SSSR count). The van der Waals surface area contributed by atoms with E-state index in [0.717, 1.165) is 24.0 Å². The van der Waals surface area contributed by atoms with Gasteiger partial charge in [-0.2, -0.15) is 0 Å². The Hall–Kier alpha value is -1.02. The zero-order valence-corrected chi connectivity index (χ0v) is 11.5. The van der Waals surface area contributed by atoms with Crippen molar-refractivity contribution in [2.45, 2.75) is 39.2 Å². The summed E-state index contributed by atoms with van der Waals surface area (Å²) in [7, 11) is 0. The zero-order valence-electron chi connectivity index (χ0n) is 10.7. The minimum atomic E-state index is -0.291. The van der Waals surface area contributed by atoms with Crippen molar-refractivity contribution < 1.29 is 4.79 Å². The Morgan fingerprint density at radius 2 is 1.88 bits per heavy atom. The summed E-state index contributed by atoms with van der Waals surface area (Å²) < 4.78 is 0. The maximum absolute atomic E-state index is 12.2. The van der Waals surface area contributed by atoms with E-state index < -0.39 is 0 Å². The molecule has 0 radical (unpaired) electrons. The number of nitrogens with one attached hydrogen (secondary N) is 1. The number of halogens is 1. The number of hydrogen-bond acceptors (Lipinski definition) is 1. The van der Waals surface area contributed by atoms with Gasteiger partial charge < -0.3 is 5.32 Å². The van der Waals surface area contributed by atoms with Crippen molar-refractivity contribution >= 4 is 17.5 Å². The molecule has 0 aliphatic carbocycles. The molecule has 0 aromatic heterocycles. The fourth-order valence-electron chi connectivity index (χ4n) is 1.79. The molecule has 2 nitrogen and oxygen atoms in total. The normalized spacial score (nSPS) is 11.3. The molecule has 0 unspecified atom stereocenters. The van der Waals surface area contributed by atoms with E-state index in [9.17, 15) is 4.79 Å². The van der Waals surface area contributed by atoms with Crippen molar-refractivity contribution in [2.24, 2.45) is 0 Å². The number of aryl methyl sites for hydroxylation is 1. The predicted molar refractivity (Wildman–Crippen MR) is 72.7 cm³/mol. The first kappa shape index (κ1) is 14.0. The molecule has 17 heavy (non-hydrogen) atoms. The van der Waals surface area contributed by atoms with Crippen LogP contribution in [0, 0.1) is 6.92 Å². The summed E-state index contributed by atoms with van der Waals surface area (Å²) in [6, 6.07) is 7.59. The smallest absolute Gasteiger partial charge is 0.252 e. The molecule has 1 N–H and O–H groups in total. The van der Waals surface area contributed by atoms with E-state index in [0.29, 0.717) is 5.88 Å². The quantitative estimate of drug-likeness (QED) is 0.800. The second-order valence-corrected chi connectivity index (χ2v) is 4.66. The highest BCUT2D eigenvalue weighted by atomic mass is 35.5. The third-order valence-corrected chi connectivity index (χ3v) is 3.89. The number of alkyl halides is 1. The molecule has 0 aliphatic heterocycles. The van der Waals surface area contributed by atoms with Gasteiger partial charge in [-0.3, -0.25) is 4.79 Å². The van der Waals surface area contributed by atoms with E-state index >= 15 is 0 Å². The van der Waals surface area contributed by atoms with Gasteiger partial charge in [0, 0.05) is 11.4 Å². The van der Waals surface area contributed by atoms with Gasteiger partial charge in [-0.15, -0.1) is 11.6 Å². The fraction of sp³-hybridized carbons (Fsp3) is 0.500. The van der Waals surface area contributed by atoms with Gasteiger partial charge in [-0.25, -0.2) is 0 Å². The van der Waals surface area contributed by atoms with E-state index in [2.05, 4.69) is 5.32 Å². The third-order valence-electron chi connectivity index (χ3n) is 3.38. The lowest BCUT2D eigenvalue weighted by molar-refractivity contribution is 0.0902. The van der Waals surface area contributed by atoms with E-state index in [-0.39, 0.29) is 11.4 Å². The molecule has 1 aromatic carbocycles. The third kappa shape index (κ3) is 3.22. The predicted octanol–water partition coefficient (Wildman–Crippen LogP) is 3.52. The van der Waals surface area contributed by atoms with Gasteiger partial charge >= 0.3 is 0 Å². The Morgan fingerprint density at radius 3 is 2.35 bits per heavy atom. The molecule has 0 heterocycles. The molecule has 0 atom stereocenters. The number of carbonyl (C=O) groups excluding carboxylic acids is 1. The van der Waals surface area contributed by atoms with Gasteiger partial charge in [0.05, 0.1) is 5.54 Å². The first-order chi connectivity index (χ1) is 8.08. The van der Waals surface area contributed by atoms with Crippen LogP contribution in [0.5, 0.6) is 0 Å². The van der Waals surface area contributed by atoms with Crippen LogP contribution in [0.25, 0.3) is 0 Å². The topological polar surface area (TPSA) is 29.1 Å². The average molecular weight is 254 g/mol. The van der Waals surface area contributed by atoms with Crippen molar-refractivity contribution in [3.05, 3.63) is 35.4 Å². The van der Waals surface area contributed by atoms with Crippen LogP contribution in [0.1, 0.15) is 42.6 Å². The molecule has 0 spiro atoms. The average Bonchev–Trinajstić information content (AvgIpc) is 2.36. The van der Waals surface area contributed by atoms with Crippen LogP contribution in [-0.2, 0) is 0 Å². The summed E-state index contributed by atoms with van der Waals surface area (Å²) in [4.78, 5) is 12.2. The Morgan fingerprint density at radius 1 is 1.29 bits per heavy atom. The van der Waals surface area contributed by atoms with Gasteiger partial charge in [0.2, 0.25) is 0 Å². The van der Waals surface area contributed by atoms with Gasteiger partial charge in [0.25, 0.3) is 5.91 Å². The van der Waals surface area contributed by atoms with Gasteiger partial charge in [0.15, 0.2) is 0 Å². The lowest BCUT2D eigenvalue weighted by Crippen LogP contribution is -2.49. The summed E-state index contributed by atoms with van der Waals surface area (Å²) in [6.07, 6.45) is 1.68. The van der Waals surface area contributed by atoms with E-state index in [1.807, 2.05) is 45.0 Å². The maximum atomic E-state index is 12.2. The number of amides is 1. The second kappa shape index (κ2) is 6.06. The van der Waals surface area contributed by atoms with Crippen molar-refractivity contribution in [3.63, 3.8) is 0 Å². The van der Waals surface area contributed by atoms with Crippen LogP contribution in [-0.4, -0.2) is 17.3 Å². The zero-order chi connectivity index (χ0) is 12.9. The summed E-state index contributed by atoms with van der Waals surface area (Å²) in [5.41, 5.74) is 1.42. The number of carbonyl (C=O) groups is 1. The summed E-state index contributed by atoms with van der Waals surface area (Å²) >= 11 is 5.98. The lowest BCUT2D eigenvalue weighted by atomic mass is 9.94. The molecule has 94 valence electrons. The molecule has 0 aliphatic rings. The molecule has 0 bridgehead atoms. The van der Waals surface area contributed by atoms with E-state index in [1.165, 1.54) is 0 Å². The Labute approximate surface area is 108 Å². The Balaban J connectivity index is 2.89. The highest BCUT2D eigenvalue weighted by Gasteiger charge is 2.27. The van der Waals surface area contributed by atoms with Gasteiger partial charge in [-0.1, -0.05) is 32.0 Å². The Kier molecular flexibility index (Phi) is 5.01. The summed E-state index contributed by atoms with van der Waals surface area (Å²) in [5, 5.41) is 3.07. The van der Waals surface area contributed by atoms with Crippen molar-refractivity contribution in [1.82, 2.24) is 5.32 Å². The highest BCUT2D eigenvalue weighted by molar-refractivity contribution is 6.19. The van der Waals surface area contributed by atoms with E-state index in [1.54, 1.807) is 0 Å². The first-order valence-electron chi connectivity index (χ1n) is 6.02. The van der Waals surface area contributed by atoms with Crippen molar-refractivity contribution in [3.8, 4) is 0 Å². The molecular formula is C14H20ClNO. The lowest BCUT2D eigenvalue weighted by Gasteiger charge is -2.30. The molecule has 1 amide bonds. The number of rotatable bonds is 5. The van der Waals surface area contributed by atoms with Crippen LogP contribution in [0.15, 0.2) is 24.3 Å². The second-order valence-electron chi connectivity index (χ2n) is 4.39. The SMILES string of the molecule is CCC(CC)(CCl)NC(=O)c1ccccc1C. The molecule has 0 saturated carbocycles. The summed E-state index contributed by atoms with van der Waals surface area (Å²) in [6.45, 7) is 6.03. The number of hydrogen-bond donors (Lipinski definition) is 1. The minimum Gasteiger partial charge on any atom is -0.345 e. The molecule has 1 aromatic rings. The Bertz CT molecular complexity index is 377.